The van der Waals surface area contributed by atoms with Gasteiger partial charge in [0.25, 0.3) is 0 Å². The minimum absolute atomic E-state index is 0.482. The fraction of sp³-hybridized carbons (Fsp3) is 0.250. The lowest BCUT2D eigenvalue weighted by atomic mass is 10.2. The molecule has 0 saturated heterocycles. The van der Waals surface area contributed by atoms with E-state index in [0.29, 0.717) is 25.4 Å². The van der Waals surface area contributed by atoms with Crippen molar-refractivity contribution in [1.82, 2.24) is 0 Å². The zero-order valence-corrected chi connectivity index (χ0v) is 11.4. The van der Waals surface area contributed by atoms with Crippen molar-refractivity contribution in [3.05, 3.63) is 65.7 Å². The molecule has 0 bridgehead atoms. The van der Waals surface area contributed by atoms with Crippen molar-refractivity contribution in [1.29, 1.82) is 0 Å². The van der Waals surface area contributed by atoms with Gasteiger partial charge in [-0.05, 0) is 29.8 Å². The molecule has 0 aliphatic rings. The summed E-state index contributed by atoms with van der Waals surface area (Å²) in [5.41, 5.74) is 1.09. The van der Waals surface area contributed by atoms with Gasteiger partial charge in [0.1, 0.15) is 0 Å². The minimum atomic E-state index is -4.29. The Hall–Kier alpha value is -2.01. The van der Waals surface area contributed by atoms with Crippen LogP contribution in [0, 0.1) is 0 Å². The molecule has 1 N–H and O–H groups in total. The van der Waals surface area contributed by atoms with Crippen LogP contribution in [0.4, 0.5) is 18.9 Å². The summed E-state index contributed by atoms with van der Waals surface area (Å²) in [5, 5.41) is 3.02. The molecule has 2 rings (SSSR count). The van der Waals surface area contributed by atoms with Gasteiger partial charge < -0.3 is 10.1 Å². The maximum absolute atomic E-state index is 12.4. The minimum Gasteiger partial charge on any atom is -0.383 e. The molecule has 0 unspecified atom stereocenters. The number of benzene rings is 2. The van der Waals surface area contributed by atoms with Gasteiger partial charge in [-0.3, -0.25) is 0 Å². The molecular formula is C16H16F3NO. The van der Waals surface area contributed by atoms with Crippen LogP contribution in [0.15, 0.2) is 54.6 Å². The molecule has 112 valence electrons. The van der Waals surface area contributed by atoms with Crippen molar-refractivity contribution in [3.8, 4) is 0 Å². The Morgan fingerprint density at radius 1 is 0.905 bits per heavy atom. The van der Waals surface area contributed by atoms with Crippen LogP contribution < -0.4 is 5.32 Å². The monoisotopic (exact) mass is 295 g/mol. The molecule has 0 radical (unpaired) electrons. The van der Waals surface area contributed by atoms with Crippen molar-refractivity contribution in [2.75, 3.05) is 18.5 Å². The van der Waals surface area contributed by atoms with Gasteiger partial charge in [0.2, 0.25) is 0 Å². The third kappa shape index (κ3) is 5.11. The van der Waals surface area contributed by atoms with E-state index in [-0.39, 0.29) is 0 Å². The van der Waals surface area contributed by atoms with E-state index >= 15 is 0 Å². The first-order chi connectivity index (χ1) is 10.1. The van der Waals surface area contributed by atoms with E-state index in [0.717, 1.165) is 17.7 Å². The van der Waals surface area contributed by atoms with E-state index in [9.17, 15) is 13.2 Å². The molecule has 0 saturated carbocycles. The number of hydrogen-bond donors (Lipinski definition) is 1. The molecule has 0 amide bonds. The number of nitrogens with one attached hydrogen (secondary N) is 1. The average Bonchev–Trinajstić information content (AvgIpc) is 2.47. The molecule has 2 aromatic carbocycles. The first kappa shape index (κ1) is 15.4. The normalized spacial score (nSPS) is 11.4. The van der Waals surface area contributed by atoms with Crippen molar-refractivity contribution in [2.45, 2.75) is 12.8 Å². The van der Waals surface area contributed by atoms with Gasteiger partial charge in [-0.25, -0.2) is 0 Å². The molecule has 0 aromatic heterocycles. The first-order valence-electron chi connectivity index (χ1n) is 6.58. The van der Waals surface area contributed by atoms with Crippen LogP contribution in [0.1, 0.15) is 11.1 Å². The molecule has 21 heavy (non-hydrogen) atoms. The van der Waals surface area contributed by atoms with E-state index < -0.39 is 11.7 Å². The van der Waals surface area contributed by atoms with Crippen LogP contribution in [0.5, 0.6) is 0 Å². The average molecular weight is 295 g/mol. The van der Waals surface area contributed by atoms with Crippen LogP contribution in [0.2, 0.25) is 0 Å². The topological polar surface area (TPSA) is 21.3 Å². The summed E-state index contributed by atoms with van der Waals surface area (Å²) in [7, 11) is 0. The maximum Gasteiger partial charge on any atom is 0.416 e. The van der Waals surface area contributed by atoms with Gasteiger partial charge >= 0.3 is 6.18 Å². The Balaban J connectivity index is 1.69. The van der Waals surface area contributed by atoms with Crippen molar-refractivity contribution in [3.63, 3.8) is 0 Å². The lowest BCUT2D eigenvalue weighted by Gasteiger charge is -2.10. The zero-order chi connectivity index (χ0) is 15.1. The highest BCUT2D eigenvalue weighted by molar-refractivity contribution is 5.45. The zero-order valence-electron chi connectivity index (χ0n) is 11.4. The van der Waals surface area contributed by atoms with Crippen molar-refractivity contribution >= 4 is 5.69 Å². The smallest absolute Gasteiger partial charge is 0.383 e. The first-order valence-corrected chi connectivity index (χ1v) is 6.58. The fourth-order valence-electron chi connectivity index (χ4n) is 1.81. The van der Waals surface area contributed by atoms with Gasteiger partial charge in [-0.1, -0.05) is 30.3 Å². The molecule has 0 fully saturated rings. The van der Waals surface area contributed by atoms with Gasteiger partial charge in [0.05, 0.1) is 18.8 Å². The molecule has 2 nitrogen and oxygen atoms in total. The molecule has 0 atom stereocenters. The maximum atomic E-state index is 12.4. The van der Waals surface area contributed by atoms with Crippen molar-refractivity contribution in [2.24, 2.45) is 0 Å². The highest BCUT2D eigenvalue weighted by Gasteiger charge is 2.29. The van der Waals surface area contributed by atoms with E-state index in [4.69, 9.17) is 4.74 Å². The standard InChI is InChI=1S/C16H16F3NO/c17-16(18,19)14-6-8-15(9-7-14)20-10-11-21-12-13-4-2-1-3-5-13/h1-9,20H,10-12H2. The summed E-state index contributed by atoms with van der Waals surface area (Å²) < 4.78 is 42.7. The highest BCUT2D eigenvalue weighted by Crippen LogP contribution is 2.29. The number of hydrogen-bond acceptors (Lipinski definition) is 2. The van der Waals surface area contributed by atoms with Crippen LogP contribution in [0.3, 0.4) is 0 Å². The van der Waals surface area contributed by atoms with Gasteiger partial charge in [-0.2, -0.15) is 13.2 Å². The van der Waals surface area contributed by atoms with Crippen LogP contribution in [-0.4, -0.2) is 13.2 Å². The quantitative estimate of drug-likeness (QED) is 0.801. The Kier molecular flexibility index (Phi) is 5.22. The second-order valence-corrected chi connectivity index (χ2v) is 4.54. The third-order valence-corrected chi connectivity index (χ3v) is 2.90. The van der Waals surface area contributed by atoms with Crippen LogP contribution >= 0.6 is 0 Å². The number of rotatable bonds is 6. The Morgan fingerprint density at radius 3 is 2.19 bits per heavy atom. The van der Waals surface area contributed by atoms with Crippen molar-refractivity contribution < 1.29 is 17.9 Å². The molecular weight excluding hydrogens is 279 g/mol. The molecule has 0 aliphatic carbocycles. The summed E-state index contributed by atoms with van der Waals surface area (Å²) in [5.74, 6) is 0. The Morgan fingerprint density at radius 2 is 1.57 bits per heavy atom. The van der Waals surface area contributed by atoms with E-state index in [1.165, 1.54) is 12.1 Å². The second-order valence-electron chi connectivity index (χ2n) is 4.54. The predicted molar refractivity (Wildman–Crippen MR) is 76.0 cm³/mol. The van der Waals surface area contributed by atoms with Gasteiger partial charge in [-0.15, -0.1) is 0 Å². The lowest BCUT2D eigenvalue weighted by Crippen LogP contribution is -2.10. The number of halogens is 3. The van der Waals surface area contributed by atoms with Crippen LogP contribution in [-0.2, 0) is 17.5 Å². The van der Waals surface area contributed by atoms with Crippen LogP contribution in [0.25, 0.3) is 0 Å². The SMILES string of the molecule is FC(F)(F)c1ccc(NCCOCc2ccccc2)cc1. The lowest BCUT2D eigenvalue weighted by molar-refractivity contribution is -0.137. The number of ether oxygens (including phenoxy) is 1. The summed E-state index contributed by atoms with van der Waals surface area (Å²) in [6, 6.07) is 14.7. The van der Waals surface area contributed by atoms with Gasteiger partial charge in [0, 0.05) is 12.2 Å². The summed E-state index contributed by atoms with van der Waals surface area (Å²) in [6.07, 6.45) is -4.29. The Labute approximate surface area is 121 Å². The van der Waals surface area contributed by atoms with E-state index in [2.05, 4.69) is 5.32 Å². The molecule has 0 aliphatic heterocycles. The second kappa shape index (κ2) is 7.13. The summed E-state index contributed by atoms with van der Waals surface area (Å²) in [6.45, 7) is 1.55. The summed E-state index contributed by atoms with van der Waals surface area (Å²) in [4.78, 5) is 0. The number of alkyl halides is 3. The highest BCUT2D eigenvalue weighted by atomic mass is 19.4. The molecule has 5 heteroatoms. The summed E-state index contributed by atoms with van der Waals surface area (Å²) >= 11 is 0. The largest absolute Gasteiger partial charge is 0.416 e. The predicted octanol–water partition coefficient (Wildman–Crippen LogP) is 4.33. The number of anilines is 1. The fourth-order valence-corrected chi connectivity index (χ4v) is 1.81. The molecule has 2 aromatic rings. The van der Waals surface area contributed by atoms with Gasteiger partial charge in [0.15, 0.2) is 0 Å². The Bertz CT molecular complexity index is 538. The molecule has 0 spiro atoms. The molecule has 0 heterocycles. The van der Waals surface area contributed by atoms with E-state index in [1.54, 1.807) is 0 Å². The third-order valence-electron chi connectivity index (χ3n) is 2.90. The van der Waals surface area contributed by atoms with E-state index in [1.807, 2.05) is 30.3 Å².